The Bertz CT molecular complexity index is 1090. The average molecular weight is 416 g/mol. The lowest BCUT2D eigenvalue weighted by molar-refractivity contribution is -0.127. The first-order valence-electron chi connectivity index (χ1n) is 8.86. The van der Waals surface area contributed by atoms with Gasteiger partial charge in [0.05, 0.1) is 0 Å². The Morgan fingerprint density at radius 3 is 2.54 bits per heavy atom. The Morgan fingerprint density at radius 2 is 1.79 bits per heavy atom. The van der Waals surface area contributed by atoms with E-state index in [1.54, 1.807) is 47.4 Å². The monoisotopic (exact) mass is 415 g/mol. The van der Waals surface area contributed by atoms with Gasteiger partial charge >= 0.3 is 0 Å². The lowest BCUT2D eigenvalue weighted by Gasteiger charge is -2.35. The number of fused-ring (bicyclic) bond motifs is 1. The molecule has 0 aromatic heterocycles. The average Bonchev–Trinajstić information content (AvgIpc) is 2.98. The second-order valence-corrected chi connectivity index (χ2v) is 8.60. The molecule has 0 radical (unpaired) electrons. The van der Waals surface area contributed by atoms with Crippen LogP contribution in [-0.4, -0.2) is 56.1 Å². The molecule has 0 atom stereocenters. The minimum atomic E-state index is -3.63. The van der Waals surface area contributed by atoms with Crippen LogP contribution in [-0.2, 0) is 14.8 Å². The first kappa shape index (κ1) is 18.7. The Hall–Kier alpha value is -2.64. The molecule has 4 rings (SSSR count). The van der Waals surface area contributed by atoms with Gasteiger partial charge in [-0.2, -0.15) is 8.42 Å². The van der Waals surface area contributed by atoms with E-state index in [0.29, 0.717) is 42.6 Å². The predicted molar refractivity (Wildman–Crippen MR) is 109 cm³/mol. The number of benzene rings is 2. The molecule has 1 saturated heterocycles. The van der Waals surface area contributed by atoms with Gasteiger partial charge in [-0.3, -0.25) is 4.79 Å². The fourth-order valence-electron chi connectivity index (χ4n) is 3.34. The molecule has 2 aromatic rings. The molecule has 8 heteroatoms. The lowest BCUT2D eigenvalue weighted by Crippen LogP contribution is -2.50. The number of carbonyl (C=O) groups excluding carboxylic acids is 1. The highest BCUT2D eigenvalue weighted by atomic mass is 35.5. The number of amidine groups is 1. The molecule has 0 spiro atoms. The van der Waals surface area contributed by atoms with Crippen molar-refractivity contribution in [1.29, 1.82) is 0 Å². The zero-order chi connectivity index (χ0) is 19.7. The highest BCUT2D eigenvalue weighted by Gasteiger charge is 2.33. The summed E-state index contributed by atoms with van der Waals surface area (Å²) < 4.78 is 28.4. The summed E-state index contributed by atoms with van der Waals surface area (Å²) >= 11 is 5.95. The van der Waals surface area contributed by atoms with Crippen LogP contribution in [0.5, 0.6) is 0 Å². The number of halogens is 1. The maximum absolute atomic E-state index is 12.4. The zero-order valence-electron chi connectivity index (χ0n) is 15.0. The van der Waals surface area contributed by atoms with Gasteiger partial charge in [0, 0.05) is 42.8 Å². The van der Waals surface area contributed by atoms with Gasteiger partial charge < -0.3 is 9.80 Å². The van der Waals surface area contributed by atoms with Crippen LogP contribution in [0.4, 0.5) is 0 Å². The van der Waals surface area contributed by atoms with E-state index >= 15 is 0 Å². The van der Waals surface area contributed by atoms with E-state index in [0.717, 1.165) is 5.56 Å². The third kappa shape index (κ3) is 3.68. The Balaban J connectivity index is 1.42. The summed E-state index contributed by atoms with van der Waals surface area (Å²) in [5.74, 6) is 0.387. The number of sulfonamides is 1. The largest absolute Gasteiger partial charge is 0.352 e. The molecule has 2 aliphatic heterocycles. The van der Waals surface area contributed by atoms with Crippen LogP contribution in [0.3, 0.4) is 0 Å². The Kier molecular flexibility index (Phi) is 4.95. The molecule has 0 unspecified atom stereocenters. The molecule has 0 bridgehead atoms. The maximum atomic E-state index is 12.4. The molecular weight excluding hydrogens is 398 g/mol. The van der Waals surface area contributed by atoms with Crippen molar-refractivity contribution in [3.05, 3.63) is 70.8 Å². The van der Waals surface area contributed by atoms with Gasteiger partial charge in [0.1, 0.15) is 4.90 Å². The Morgan fingerprint density at radius 1 is 1.04 bits per heavy atom. The summed E-state index contributed by atoms with van der Waals surface area (Å²) in [7, 11) is -3.63. The number of nitrogens with zero attached hydrogens (tertiary/aromatic N) is 3. The molecule has 144 valence electrons. The molecule has 1 amide bonds. The first-order chi connectivity index (χ1) is 13.4. The second-order valence-electron chi connectivity index (χ2n) is 6.59. The lowest BCUT2D eigenvalue weighted by atomic mass is 10.1. The van der Waals surface area contributed by atoms with Crippen molar-refractivity contribution >= 4 is 39.4 Å². The van der Waals surface area contributed by atoms with Crippen molar-refractivity contribution in [3.8, 4) is 0 Å². The number of piperazine rings is 1. The number of rotatable bonds is 2. The van der Waals surface area contributed by atoms with Crippen LogP contribution in [0.2, 0.25) is 5.02 Å². The summed E-state index contributed by atoms with van der Waals surface area (Å²) in [6.45, 7) is 2.05. The quantitative estimate of drug-likeness (QED) is 0.707. The molecule has 2 aliphatic rings. The highest BCUT2D eigenvalue weighted by Crippen LogP contribution is 2.27. The maximum Gasteiger partial charge on any atom is 0.285 e. The van der Waals surface area contributed by atoms with Gasteiger partial charge in [-0.25, -0.2) is 0 Å². The number of hydrogen-bond acceptors (Lipinski definition) is 4. The number of hydrogen-bond donors (Lipinski definition) is 0. The van der Waals surface area contributed by atoms with E-state index in [1.807, 2.05) is 17.0 Å². The molecule has 0 aliphatic carbocycles. The van der Waals surface area contributed by atoms with Crippen LogP contribution in [0, 0.1) is 0 Å². The fraction of sp³-hybridized carbons (Fsp3) is 0.200. The van der Waals surface area contributed by atoms with Crippen molar-refractivity contribution in [3.63, 3.8) is 0 Å². The predicted octanol–water partition coefficient (Wildman–Crippen LogP) is 2.65. The SMILES string of the molecule is O=C(C=Cc1cccc(Cl)c1)N1CCN(C2=NS(=O)(=O)c3ccccc32)CC1. The van der Waals surface area contributed by atoms with Crippen LogP contribution in [0.25, 0.3) is 6.08 Å². The van der Waals surface area contributed by atoms with Crippen molar-refractivity contribution in [1.82, 2.24) is 9.80 Å². The minimum Gasteiger partial charge on any atom is -0.352 e. The third-order valence-electron chi connectivity index (χ3n) is 4.77. The van der Waals surface area contributed by atoms with Crippen LogP contribution in [0.15, 0.2) is 63.9 Å². The van der Waals surface area contributed by atoms with E-state index in [1.165, 1.54) is 6.08 Å². The molecule has 0 N–H and O–H groups in total. The standard InChI is InChI=1S/C20H18ClN3O3S/c21-16-5-3-4-15(14-16)8-9-19(25)23-10-12-24(13-11-23)20-17-6-1-2-7-18(17)28(26,27)22-20/h1-9,14H,10-13H2. The normalized spacial score (nSPS) is 18.2. The van der Waals surface area contributed by atoms with Gasteiger partial charge in [-0.05, 0) is 35.9 Å². The smallest absolute Gasteiger partial charge is 0.285 e. The van der Waals surface area contributed by atoms with Gasteiger partial charge in [0.25, 0.3) is 10.0 Å². The highest BCUT2D eigenvalue weighted by molar-refractivity contribution is 7.90. The zero-order valence-corrected chi connectivity index (χ0v) is 16.5. The summed E-state index contributed by atoms with van der Waals surface area (Å²) in [5.41, 5.74) is 1.49. The summed E-state index contributed by atoms with van der Waals surface area (Å²) in [5, 5.41) is 0.621. The van der Waals surface area contributed by atoms with Gasteiger partial charge in [0.15, 0.2) is 5.84 Å². The third-order valence-corrected chi connectivity index (χ3v) is 6.33. The fourth-order valence-corrected chi connectivity index (χ4v) is 4.76. The van der Waals surface area contributed by atoms with Gasteiger partial charge in [-0.15, -0.1) is 4.40 Å². The molecule has 0 saturated carbocycles. The topological polar surface area (TPSA) is 70.1 Å². The Labute approximate surface area is 168 Å². The summed E-state index contributed by atoms with van der Waals surface area (Å²) in [6, 6.07) is 14.1. The molecule has 2 aromatic carbocycles. The number of carbonyl (C=O) groups is 1. The van der Waals surface area contributed by atoms with Crippen LogP contribution < -0.4 is 0 Å². The number of amides is 1. The molecule has 1 fully saturated rings. The van der Waals surface area contributed by atoms with Crippen molar-refractivity contribution < 1.29 is 13.2 Å². The molecule has 6 nitrogen and oxygen atoms in total. The van der Waals surface area contributed by atoms with Crippen molar-refractivity contribution in [2.75, 3.05) is 26.2 Å². The summed E-state index contributed by atoms with van der Waals surface area (Å²) in [6.07, 6.45) is 3.28. The molecular formula is C20H18ClN3O3S. The summed E-state index contributed by atoms with van der Waals surface area (Å²) in [4.78, 5) is 16.4. The van der Waals surface area contributed by atoms with Crippen LogP contribution in [0.1, 0.15) is 11.1 Å². The molecule has 2 heterocycles. The first-order valence-corrected chi connectivity index (χ1v) is 10.7. The minimum absolute atomic E-state index is 0.0824. The van der Waals surface area contributed by atoms with E-state index in [4.69, 9.17) is 11.6 Å². The van der Waals surface area contributed by atoms with Gasteiger partial charge in [0.2, 0.25) is 5.91 Å². The van der Waals surface area contributed by atoms with E-state index in [2.05, 4.69) is 4.40 Å². The van der Waals surface area contributed by atoms with E-state index in [-0.39, 0.29) is 10.8 Å². The van der Waals surface area contributed by atoms with E-state index in [9.17, 15) is 13.2 Å². The van der Waals surface area contributed by atoms with Crippen molar-refractivity contribution in [2.24, 2.45) is 4.40 Å². The second kappa shape index (κ2) is 7.41. The van der Waals surface area contributed by atoms with Gasteiger partial charge in [-0.1, -0.05) is 35.9 Å². The van der Waals surface area contributed by atoms with Crippen LogP contribution >= 0.6 is 11.6 Å². The molecule has 28 heavy (non-hydrogen) atoms. The van der Waals surface area contributed by atoms with Crippen molar-refractivity contribution in [2.45, 2.75) is 4.90 Å². The van der Waals surface area contributed by atoms with E-state index < -0.39 is 10.0 Å².